The highest BCUT2D eigenvalue weighted by molar-refractivity contribution is 5.44. The van der Waals surface area contributed by atoms with Crippen molar-refractivity contribution in [1.82, 2.24) is 15.2 Å². The summed E-state index contributed by atoms with van der Waals surface area (Å²) in [5.41, 5.74) is 0.938. The van der Waals surface area contributed by atoms with Crippen molar-refractivity contribution in [3.63, 3.8) is 0 Å². The Morgan fingerprint density at radius 2 is 2.21 bits per heavy atom. The van der Waals surface area contributed by atoms with Gasteiger partial charge in [0, 0.05) is 13.1 Å². The first-order chi connectivity index (χ1) is 11.6. The Morgan fingerprint density at radius 1 is 1.42 bits per heavy atom. The molecule has 132 valence electrons. The molecule has 0 aromatic carbocycles. The van der Waals surface area contributed by atoms with Gasteiger partial charge in [-0.05, 0) is 64.4 Å². The lowest BCUT2D eigenvalue weighted by Gasteiger charge is -2.32. The minimum Gasteiger partial charge on any atom is -0.459 e. The average molecular weight is 333 g/mol. The largest absolute Gasteiger partial charge is 0.459 e. The fourth-order valence-electron chi connectivity index (χ4n) is 3.24. The number of aromatic nitrogens is 1. The summed E-state index contributed by atoms with van der Waals surface area (Å²) in [5.74, 6) is 2.73. The van der Waals surface area contributed by atoms with Gasteiger partial charge in [-0.1, -0.05) is 0 Å². The van der Waals surface area contributed by atoms with E-state index in [1.54, 1.807) is 6.26 Å². The van der Waals surface area contributed by atoms with E-state index in [0.717, 1.165) is 37.6 Å². The predicted molar refractivity (Wildman–Crippen MR) is 91.5 cm³/mol. The first-order valence-electron chi connectivity index (χ1n) is 8.73. The van der Waals surface area contributed by atoms with Crippen molar-refractivity contribution in [1.29, 1.82) is 0 Å². The van der Waals surface area contributed by atoms with E-state index in [1.165, 1.54) is 12.8 Å². The number of β-amino-alcohol motifs (C(OH)–C–C–N with tert-alkyl or cyclic N) is 1. The number of aliphatic hydroxyl groups is 1. The maximum Gasteiger partial charge on any atom is 0.263 e. The van der Waals surface area contributed by atoms with Gasteiger partial charge in [-0.3, -0.25) is 0 Å². The van der Waals surface area contributed by atoms with Gasteiger partial charge in [-0.2, -0.15) is 0 Å². The molecule has 2 N–H and O–H groups in total. The van der Waals surface area contributed by atoms with E-state index >= 15 is 0 Å². The molecule has 3 rings (SSSR count). The molecule has 0 spiro atoms. The van der Waals surface area contributed by atoms with E-state index in [4.69, 9.17) is 8.83 Å². The molecule has 3 heterocycles. The molecule has 1 saturated heterocycles. The molecule has 6 nitrogen and oxygen atoms in total. The first-order valence-corrected chi connectivity index (χ1v) is 8.73. The van der Waals surface area contributed by atoms with Crippen molar-refractivity contribution in [3.8, 4) is 11.7 Å². The van der Waals surface area contributed by atoms with Crippen LogP contribution in [-0.4, -0.2) is 47.3 Å². The van der Waals surface area contributed by atoms with Crippen LogP contribution in [0.3, 0.4) is 0 Å². The van der Waals surface area contributed by atoms with Crippen molar-refractivity contribution in [3.05, 3.63) is 29.9 Å². The normalized spacial score (nSPS) is 18.1. The topological polar surface area (TPSA) is 74.7 Å². The van der Waals surface area contributed by atoms with Crippen molar-refractivity contribution in [2.45, 2.75) is 39.3 Å². The molecule has 0 amide bonds. The van der Waals surface area contributed by atoms with Gasteiger partial charge in [0.25, 0.3) is 5.89 Å². The van der Waals surface area contributed by atoms with Crippen LogP contribution in [0.2, 0.25) is 0 Å². The van der Waals surface area contributed by atoms with Gasteiger partial charge in [0.1, 0.15) is 5.76 Å². The van der Waals surface area contributed by atoms with Gasteiger partial charge in [0.15, 0.2) is 5.76 Å². The van der Waals surface area contributed by atoms with Crippen LogP contribution in [0.4, 0.5) is 0 Å². The van der Waals surface area contributed by atoms with Crippen molar-refractivity contribution >= 4 is 0 Å². The minimum atomic E-state index is -0.238. The molecule has 1 unspecified atom stereocenters. The molecule has 1 fully saturated rings. The average Bonchev–Trinajstić information content (AvgIpc) is 3.19. The van der Waals surface area contributed by atoms with E-state index in [9.17, 15) is 5.11 Å². The molecule has 0 saturated carbocycles. The molecule has 0 radical (unpaired) electrons. The molecular formula is C18H27N3O3. The quantitative estimate of drug-likeness (QED) is 0.810. The summed E-state index contributed by atoms with van der Waals surface area (Å²) in [6.45, 7) is 8.42. The third-order valence-electron chi connectivity index (χ3n) is 4.58. The summed E-state index contributed by atoms with van der Waals surface area (Å²) in [6.07, 6.45) is 3.74. The van der Waals surface area contributed by atoms with Crippen LogP contribution in [-0.2, 0) is 6.54 Å². The van der Waals surface area contributed by atoms with Crippen LogP contribution >= 0.6 is 0 Å². The Kier molecular flexibility index (Phi) is 5.71. The Bertz CT molecular complexity index is 613. The molecule has 1 aliphatic heterocycles. The lowest BCUT2D eigenvalue weighted by atomic mass is 9.96. The number of likely N-dealkylation sites (tertiary alicyclic amines) is 1. The van der Waals surface area contributed by atoms with Gasteiger partial charge in [0.2, 0.25) is 0 Å². The number of aliphatic hydroxyl groups excluding tert-OH is 1. The highest BCUT2D eigenvalue weighted by Crippen LogP contribution is 2.22. The van der Waals surface area contributed by atoms with Crippen molar-refractivity contribution in [2.75, 3.05) is 26.2 Å². The number of nitrogens with zero attached hydrogens (tertiary/aromatic N) is 2. The van der Waals surface area contributed by atoms with Crippen LogP contribution < -0.4 is 5.32 Å². The number of hydrogen-bond acceptors (Lipinski definition) is 6. The van der Waals surface area contributed by atoms with Crippen LogP contribution in [0.25, 0.3) is 11.7 Å². The Labute approximate surface area is 142 Å². The van der Waals surface area contributed by atoms with Gasteiger partial charge >= 0.3 is 0 Å². The first kappa shape index (κ1) is 17.2. The molecular weight excluding hydrogens is 306 g/mol. The Balaban J connectivity index is 1.43. The van der Waals surface area contributed by atoms with Crippen LogP contribution in [0.5, 0.6) is 0 Å². The lowest BCUT2D eigenvalue weighted by molar-refractivity contribution is 0.0998. The molecule has 2 aromatic rings. The van der Waals surface area contributed by atoms with Gasteiger partial charge < -0.3 is 24.2 Å². The molecule has 1 aliphatic rings. The van der Waals surface area contributed by atoms with Gasteiger partial charge in [0.05, 0.1) is 18.1 Å². The van der Waals surface area contributed by atoms with Gasteiger partial charge in [-0.25, -0.2) is 4.98 Å². The van der Waals surface area contributed by atoms with E-state index in [1.807, 2.05) is 26.0 Å². The highest BCUT2D eigenvalue weighted by atomic mass is 16.4. The van der Waals surface area contributed by atoms with E-state index < -0.39 is 0 Å². The Hall–Kier alpha value is -1.63. The second-order valence-electron chi connectivity index (χ2n) is 6.72. The molecule has 24 heavy (non-hydrogen) atoms. The number of furan rings is 1. The maximum atomic E-state index is 9.46. The predicted octanol–water partition coefficient (Wildman–Crippen LogP) is 2.43. The fourth-order valence-corrected chi connectivity index (χ4v) is 3.24. The van der Waals surface area contributed by atoms with Crippen LogP contribution in [0.1, 0.15) is 31.2 Å². The molecule has 2 aromatic heterocycles. The van der Waals surface area contributed by atoms with Crippen molar-refractivity contribution in [2.24, 2.45) is 5.92 Å². The molecule has 0 aliphatic carbocycles. The highest BCUT2D eigenvalue weighted by Gasteiger charge is 2.20. The number of piperidine rings is 1. The second kappa shape index (κ2) is 7.96. The standard InChI is InChI=1S/C18H27N3O3/c1-13(22)12-21-7-5-15(6-8-21)10-19-11-16-14(2)24-18(20-16)17-4-3-9-23-17/h3-4,9,13,15,19,22H,5-8,10-12H2,1-2H3. The zero-order chi connectivity index (χ0) is 16.9. The third-order valence-corrected chi connectivity index (χ3v) is 4.58. The monoisotopic (exact) mass is 333 g/mol. The Morgan fingerprint density at radius 3 is 2.88 bits per heavy atom. The zero-order valence-corrected chi connectivity index (χ0v) is 14.5. The van der Waals surface area contributed by atoms with Crippen molar-refractivity contribution < 1.29 is 13.9 Å². The lowest BCUT2D eigenvalue weighted by Crippen LogP contribution is -2.40. The molecule has 1 atom stereocenters. The number of oxazole rings is 1. The van der Waals surface area contributed by atoms with E-state index in [0.29, 0.717) is 24.1 Å². The fraction of sp³-hybridized carbons (Fsp3) is 0.611. The minimum absolute atomic E-state index is 0.238. The molecule has 0 bridgehead atoms. The SMILES string of the molecule is Cc1oc(-c2ccco2)nc1CNCC1CCN(CC(C)O)CC1. The van der Waals surface area contributed by atoms with Crippen LogP contribution in [0, 0.1) is 12.8 Å². The summed E-state index contributed by atoms with van der Waals surface area (Å²) in [6, 6.07) is 3.68. The number of aryl methyl sites for hydroxylation is 1. The second-order valence-corrected chi connectivity index (χ2v) is 6.72. The summed E-state index contributed by atoms with van der Waals surface area (Å²) in [5, 5.41) is 13.0. The summed E-state index contributed by atoms with van der Waals surface area (Å²) >= 11 is 0. The number of rotatable bonds is 7. The number of hydrogen-bond donors (Lipinski definition) is 2. The summed E-state index contributed by atoms with van der Waals surface area (Å²) in [7, 11) is 0. The molecule has 6 heteroatoms. The van der Waals surface area contributed by atoms with Crippen LogP contribution in [0.15, 0.2) is 27.2 Å². The summed E-state index contributed by atoms with van der Waals surface area (Å²) in [4.78, 5) is 6.87. The van der Waals surface area contributed by atoms with Gasteiger partial charge in [-0.15, -0.1) is 0 Å². The maximum absolute atomic E-state index is 9.46. The third kappa shape index (κ3) is 4.47. The number of nitrogens with one attached hydrogen (secondary N) is 1. The summed E-state index contributed by atoms with van der Waals surface area (Å²) < 4.78 is 11.0. The smallest absolute Gasteiger partial charge is 0.263 e. The zero-order valence-electron chi connectivity index (χ0n) is 14.5. The van der Waals surface area contributed by atoms with E-state index in [2.05, 4.69) is 15.2 Å². The van der Waals surface area contributed by atoms with E-state index in [-0.39, 0.29) is 6.10 Å².